The third-order valence-electron chi connectivity index (χ3n) is 5.30. The first kappa shape index (κ1) is 25.7. The Kier molecular flexibility index (Phi) is 8.72. The number of carbonyl (C=O) groups excluding carboxylic acids is 1. The molecule has 0 radical (unpaired) electrons. The average Bonchev–Trinajstić information content (AvgIpc) is 3.36. The summed E-state index contributed by atoms with van der Waals surface area (Å²) in [5.74, 6) is 2.01. The first-order valence-corrected chi connectivity index (χ1v) is 12.5. The minimum atomic E-state index is -0.246. The first-order chi connectivity index (χ1) is 18.1. The maximum absolute atomic E-state index is 12.5. The highest BCUT2D eigenvalue weighted by atomic mass is 32.2. The summed E-state index contributed by atoms with van der Waals surface area (Å²) in [5.41, 5.74) is 6.28. The molecule has 1 aromatic heterocycles. The molecule has 0 bridgehead atoms. The van der Waals surface area contributed by atoms with Crippen molar-refractivity contribution in [1.82, 2.24) is 20.2 Å². The summed E-state index contributed by atoms with van der Waals surface area (Å²) in [6, 6.07) is 25.1. The standard InChI is InChI=1S/C28H27N5O3S/c1-20(17-21-7-5-4-6-8-21)18-29-30-26(34)19-37-28-32-31-27(22-9-13-24(35-2)14-10-22)33(28)23-11-15-25(36-3)16-12-23/h4-18H,19H2,1-3H3,(H,30,34). The molecule has 1 N–H and O–H groups in total. The number of nitrogens with zero attached hydrogens (tertiary/aromatic N) is 4. The molecule has 1 heterocycles. The molecule has 37 heavy (non-hydrogen) atoms. The van der Waals surface area contributed by atoms with Gasteiger partial charge in [0, 0.05) is 11.3 Å². The van der Waals surface area contributed by atoms with E-state index in [2.05, 4.69) is 20.7 Å². The van der Waals surface area contributed by atoms with Crippen molar-refractivity contribution >= 4 is 30.0 Å². The third-order valence-corrected chi connectivity index (χ3v) is 6.22. The number of thioether (sulfide) groups is 1. The highest BCUT2D eigenvalue weighted by Gasteiger charge is 2.17. The van der Waals surface area contributed by atoms with Gasteiger partial charge < -0.3 is 9.47 Å². The second kappa shape index (κ2) is 12.5. The molecule has 0 fully saturated rings. The number of hydrogen-bond acceptors (Lipinski definition) is 7. The molecule has 4 rings (SSSR count). The van der Waals surface area contributed by atoms with Crippen molar-refractivity contribution in [2.45, 2.75) is 12.1 Å². The molecule has 3 aromatic carbocycles. The number of rotatable bonds is 10. The van der Waals surface area contributed by atoms with Crippen LogP contribution in [0.1, 0.15) is 12.5 Å². The van der Waals surface area contributed by atoms with E-state index in [0.717, 1.165) is 33.9 Å². The van der Waals surface area contributed by atoms with Crippen molar-refractivity contribution in [3.05, 3.63) is 90.0 Å². The van der Waals surface area contributed by atoms with Crippen LogP contribution in [0.15, 0.2) is 94.7 Å². The van der Waals surface area contributed by atoms with Crippen LogP contribution in [-0.2, 0) is 4.79 Å². The number of aromatic nitrogens is 3. The number of hydrazone groups is 1. The molecule has 0 unspecified atom stereocenters. The first-order valence-electron chi connectivity index (χ1n) is 11.5. The van der Waals surface area contributed by atoms with Crippen LogP contribution in [0.2, 0.25) is 0 Å². The number of nitrogens with one attached hydrogen (secondary N) is 1. The van der Waals surface area contributed by atoms with Gasteiger partial charge in [0.05, 0.1) is 26.2 Å². The molecule has 0 aliphatic carbocycles. The van der Waals surface area contributed by atoms with Crippen molar-refractivity contribution < 1.29 is 14.3 Å². The van der Waals surface area contributed by atoms with Gasteiger partial charge in [-0.1, -0.05) is 48.2 Å². The van der Waals surface area contributed by atoms with E-state index < -0.39 is 0 Å². The van der Waals surface area contributed by atoms with Crippen molar-refractivity contribution in [1.29, 1.82) is 0 Å². The lowest BCUT2D eigenvalue weighted by Crippen LogP contribution is -2.20. The number of ether oxygens (including phenoxy) is 2. The van der Waals surface area contributed by atoms with Gasteiger partial charge in [0.2, 0.25) is 0 Å². The van der Waals surface area contributed by atoms with Crippen LogP contribution in [0.3, 0.4) is 0 Å². The van der Waals surface area contributed by atoms with Gasteiger partial charge in [-0.25, -0.2) is 5.43 Å². The lowest BCUT2D eigenvalue weighted by atomic mass is 10.1. The summed E-state index contributed by atoms with van der Waals surface area (Å²) < 4.78 is 12.5. The normalized spacial score (nSPS) is 11.5. The van der Waals surface area contributed by atoms with E-state index in [-0.39, 0.29) is 11.7 Å². The zero-order valence-electron chi connectivity index (χ0n) is 20.8. The van der Waals surface area contributed by atoms with Crippen molar-refractivity contribution in [2.24, 2.45) is 5.10 Å². The summed E-state index contributed by atoms with van der Waals surface area (Å²) in [6.45, 7) is 1.93. The Morgan fingerprint density at radius 3 is 2.24 bits per heavy atom. The lowest BCUT2D eigenvalue weighted by molar-refractivity contribution is -0.118. The van der Waals surface area contributed by atoms with Crippen molar-refractivity contribution in [3.8, 4) is 28.6 Å². The summed E-state index contributed by atoms with van der Waals surface area (Å²) in [4.78, 5) is 12.5. The Bertz CT molecular complexity index is 1380. The van der Waals surface area contributed by atoms with Gasteiger partial charge in [-0.15, -0.1) is 10.2 Å². The Labute approximate surface area is 220 Å². The molecule has 8 nitrogen and oxygen atoms in total. The molecule has 9 heteroatoms. The van der Waals surface area contributed by atoms with E-state index in [1.165, 1.54) is 11.8 Å². The number of hydrogen-bond donors (Lipinski definition) is 1. The lowest BCUT2D eigenvalue weighted by Gasteiger charge is -2.11. The zero-order valence-corrected chi connectivity index (χ0v) is 21.6. The molecule has 1 amide bonds. The predicted octanol–water partition coefficient (Wildman–Crippen LogP) is 5.25. The molecule has 0 aliphatic rings. The topological polar surface area (TPSA) is 90.6 Å². The maximum atomic E-state index is 12.5. The second-order valence-electron chi connectivity index (χ2n) is 7.95. The Hall–Kier alpha value is -4.37. The third kappa shape index (κ3) is 6.86. The number of benzene rings is 3. The van der Waals surface area contributed by atoms with Gasteiger partial charge in [0.1, 0.15) is 11.5 Å². The quantitative estimate of drug-likeness (QED) is 0.177. The molecule has 4 aromatic rings. The van der Waals surface area contributed by atoms with Crippen LogP contribution in [-0.4, -0.2) is 46.9 Å². The average molecular weight is 514 g/mol. The summed E-state index contributed by atoms with van der Waals surface area (Å²) >= 11 is 1.28. The van der Waals surface area contributed by atoms with Crippen LogP contribution < -0.4 is 14.9 Å². The summed E-state index contributed by atoms with van der Waals surface area (Å²) in [6.07, 6.45) is 3.61. The minimum Gasteiger partial charge on any atom is -0.497 e. The van der Waals surface area contributed by atoms with E-state index in [9.17, 15) is 4.79 Å². The number of carbonyl (C=O) groups is 1. The number of allylic oxidation sites excluding steroid dienone is 1. The van der Waals surface area contributed by atoms with Crippen LogP contribution in [0.5, 0.6) is 11.5 Å². The Morgan fingerprint density at radius 1 is 0.946 bits per heavy atom. The highest BCUT2D eigenvalue weighted by Crippen LogP contribution is 2.29. The predicted molar refractivity (Wildman–Crippen MR) is 147 cm³/mol. The molecule has 188 valence electrons. The van der Waals surface area contributed by atoms with E-state index in [1.54, 1.807) is 20.4 Å². The molecule has 0 spiro atoms. The van der Waals surface area contributed by atoms with Crippen LogP contribution in [0, 0.1) is 0 Å². The number of amides is 1. The zero-order chi connectivity index (χ0) is 26.0. The van der Waals surface area contributed by atoms with Crippen LogP contribution in [0.4, 0.5) is 0 Å². The molecular weight excluding hydrogens is 486 g/mol. The van der Waals surface area contributed by atoms with Crippen molar-refractivity contribution in [3.63, 3.8) is 0 Å². The molecular formula is C28H27N5O3S. The molecule has 0 saturated carbocycles. The van der Waals surface area contributed by atoms with Crippen LogP contribution in [0.25, 0.3) is 23.2 Å². The van der Waals surface area contributed by atoms with E-state index in [1.807, 2.05) is 96.4 Å². The monoisotopic (exact) mass is 513 g/mol. The van der Waals surface area contributed by atoms with Gasteiger partial charge in [-0.05, 0) is 66.6 Å². The summed E-state index contributed by atoms with van der Waals surface area (Å²) in [5, 5.41) is 13.4. The second-order valence-corrected chi connectivity index (χ2v) is 8.89. The van der Waals surface area contributed by atoms with E-state index >= 15 is 0 Å². The minimum absolute atomic E-state index is 0.121. The van der Waals surface area contributed by atoms with E-state index in [4.69, 9.17) is 9.47 Å². The van der Waals surface area contributed by atoms with Gasteiger partial charge >= 0.3 is 0 Å². The van der Waals surface area contributed by atoms with Crippen molar-refractivity contribution in [2.75, 3.05) is 20.0 Å². The SMILES string of the molecule is COc1ccc(-c2nnc(SCC(=O)NN=CC(C)=Cc3ccccc3)n2-c2ccc(OC)cc2)cc1. The Morgan fingerprint density at radius 2 is 1.59 bits per heavy atom. The molecule has 0 atom stereocenters. The molecule has 0 aliphatic heterocycles. The number of methoxy groups -OCH3 is 2. The highest BCUT2D eigenvalue weighted by molar-refractivity contribution is 7.99. The van der Waals surface area contributed by atoms with Gasteiger partial charge in [-0.2, -0.15) is 5.10 Å². The van der Waals surface area contributed by atoms with E-state index in [0.29, 0.717) is 11.0 Å². The fourth-order valence-corrected chi connectivity index (χ4v) is 4.22. The van der Waals surface area contributed by atoms with Gasteiger partial charge in [0.15, 0.2) is 11.0 Å². The smallest absolute Gasteiger partial charge is 0.250 e. The molecule has 0 saturated heterocycles. The largest absolute Gasteiger partial charge is 0.497 e. The summed E-state index contributed by atoms with van der Waals surface area (Å²) in [7, 11) is 3.25. The Balaban J connectivity index is 1.48. The maximum Gasteiger partial charge on any atom is 0.250 e. The fraction of sp³-hybridized carbons (Fsp3) is 0.143. The van der Waals surface area contributed by atoms with Crippen LogP contribution >= 0.6 is 11.8 Å². The van der Waals surface area contributed by atoms with Gasteiger partial charge in [-0.3, -0.25) is 9.36 Å². The fourth-order valence-electron chi connectivity index (χ4n) is 3.47. The van der Waals surface area contributed by atoms with Gasteiger partial charge in [0.25, 0.3) is 5.91 Å².